The Morgan fingerprint density at radius 1 is 1.39 bits per heavy atom. The van der Waals surface area contributed by atoms with Gasteiger partial charge in [-0.05, 0) is 56.8 Å². The number of benzene rings is 1. The lowest BCUT2D eigenvalue weighted by molar-refractivity contribution is 0.454. The van der Waals surface area contributed by atoms with Crippen LogP contribution in [0.5, 0.6) is 0 Å². The van der Waals surface area contributed by atoms with E-state index in [4.69, 9.17) is 0 Å². The SMILES string of the molecule is CCCNC1CCCc2c1[nH]c1ccc(C)cc21. The molecule has 2 heteroatoms. The summed E-state index contributed by atoms with van der Waals surface area (Å²) in [5.41, 5.74) is 5.65. The normalized spacial score (nSPS) is 19.1. The third kappa shape index (κ3) is 1.95. The van der Waals surface area contributed by atoms with Crippen LogP contribution in [0.15, 0.2) is 18.2 Å². The van der Waals surface area contributed by atoms with Gasteiger partial charge in [-0.2, -0.15) is 0 Å². The molecule has 2 nitrogen and oxygen atoms in total. The standard InChI is InChI=1S/C16H22N2/c1-3-9-17-15-6-4-5-12-13-10-11(2)7-8-14(13)18-16(12)15/h7-8,10,15,17-18H,3-6,9H2,1-2H3. The van der Waals surface area contributed by atoms with Crippen molar-refractivity contribution in [1.29, 1.82) is 0 Å². The lowest BCUT2D eigenvalue weighted by atomic mass is 9.91. The first-order valence-corrected chi connectivity index (χ1v) is 7.14. The predicted octanol–water partition coefficient (Wildman–Crippen LogP) is 3.85. The molecule has 0 fully saturated rings. The molecule has 1 aromatic carbocycles. The number of H-pyrrole nitrogens is 1. The zero-order chi connectivity index (χ0) is 12.5. The summed E-state index contributed by atoms with van der Waals surface area (Å²) in [6.45, 7) is 5.51. The van der Waals surface area contributed by atoms with E-state index in [1.54, 1.807) is 5.56 Å². The first-order valence-electron chi connectivity index (χ1n) is 7.14. The molecule has 0 bridgehead atoms. The van der Waals surface area contributed by atoms with Gasteiger partial charge in [-0.25, -0.2) is 0 Å². The zero-order valence-electron chi connectivity index (χ0n) is 11.3. The van der Waals surface area contributed by atoms with Crippen LogP contribution in [0.25, 0.3) is 10.9 Å². The van der Waals surface area contributed by atoms with E-state index < -0.39 is 0 Å². The molecule has 1 aliphatic rings. The van der Waals surface area contributed by atoms with E-state index in [0.29, 0.717) is 6.04 Å². The van der Waals surface area contributed by atoms with Crippen molar-refractivity contribution in [3.63, 3.8) is 0 Å². The Morgan fingerprint density at radius 2 is 2.28 bits per heavy atom. The highest BCUT2D eigenvalue weighted by atomic mass is 14.9. The molecule has 1 aromatic heterocycles. The molecule has 0 saturated carbocycles. The summed E-state index contributed by atoms with van der Waals surface area (Å²) in [6.07, 6.45) is 4.99. The van der Waals surface area contributed by atoms with Crippen molar-refractivity contribution in [2.75, 3.05) is 6.54 Å². The Kier molecular flexibility index (Phi) is 3.13. The second kappa shape index (κ2) is 4.77. The highest BCUT2D eigenvalue weighted by molar-refractivity contribution is 5.85. The van der Waals surface area contributed by atoms with Crippen molar-refractivity contribution in [1.82, 2.24) is 10.3 Å². The number of aryl methyl sites for hydroxylation is 2. The minimum absolute atomic E-state index is 0.529. The Morgan fingerprint density at radius 3 is 3.11 bits per heavy atom. The first-order chi connectivity index (χ1) is 8.79. The average molecular weight is 242 g/mol. The maximum atomic E-state index is 3.67. The van der Waals surface area contributed by atoms with E-state index in [1.807, 2.05) is 0 Å². The number of aromatic amines is 1. The Balaban J connectivity index is 2.04. The Hall–Kier alpha value is -1.28. The highest BCUT2D eigenvalue weighted by Gasteiger charge is 2.23. The summed E-state index contributed by atoms with van der Waals surface area (Å²) in [6, 6.07) is 7.27. The van der Waals surface area contributed by atoms with E-state index in [9.17, 15) is 0 Å². The fraction of sp³-hybridized carbons (Fsp3) is 0.500. The molecule has 0 amide bonds. The molecule has 96 valence electrons. The van der Waals surface area contributed by atoms with E-state index in [-0.39, 0.29) is 0 Å². The van der Waals surface area contributed by atoms with Gasteiger partial charge in [-0.15, -0.1) is 0 Å². The third-order valence-electron chi connectivity index (χ3n) is 4.00. The van der Waals surface area contributed by atoms with Crippen LogP contribution in [0.1, 0.15) is 49.0 Å². The summed E-state index contributed by atoms with van der Waals surface area (Å²) >= 11 is 0. The lowest BCUT2D eigenvalue weighted by Crippen LogP contribution is -2.25. The topological polar surface area (TPSA) is 27.8 Å². The van der Waals surface area contributed by atoms with Crippen molar-refractivity contribution >= 4 is 10.9 Å². The van der Waals surface area contributed by atoms with Crippen LogP contribution in [0.2, 0.25) is 0 Å². The van der Waals surface area contributed by atoms with Gasteiger partial charge in [0.1, 0.15) is 0 Å². The van der Waals surface area contributed by atoms with E-state index in [1.165, 1.54) is 47.8 Å². The molecule has 0 spiro atoms. The molecule has 0 aliphatic heterocycles. The Labute approximate surface area is 109 Å². The van der Waals surface area contributed by atoms with Crippen molar-refractivity contribution in [3.8, 4) is 0 Å². The van der Waals surface area contributed by atoms with E-state index in [0.717, 1.165) is 6.54 Å². The van der Waals surface area contributed by atoms with Crippen molar-refractivity contribution < 1.29 is 0 Å². The van der Waals surface area contributed by atoms with Crippen molar-refractivity contribution in [3.05, 3.63) is 35.0 Å². The van der Waals surface area contributed by atoms with Gasteiger partial charge in [0.05, 0.1) is 0 Å². The predicted molar refractivity (Wildman–Crippen MR) is 77.0 cm³/mol. The van der Waals surface area contributed by atoms with Gasteiger partial charge in [0.2, 0.25) is 0 Å². The van der Waals surface area contributed by atoms with Crippen LogP contribution in [0, 0.1) is 6.92 Å². The summed E-state index contributed by atoms with van der Waals surface area (Å²) < 4.78 is 0. The number of hydrogen-bond donors (Lipinski definition) is 2. The molecule has 1 heterocycles. The van der Waals surface area contributed by atoms with Gasteiger partial charge in [0.15, 0.2) is 0 Å². The van der Waals surface area contributed by atoms with Crippen molar-refractivity contribution in [2.24, 2.45) is 0 Å². The molecular weight excluding hydrogens is 220 g/mol. The van der Waals surface area contributed by atoms with Crippen LogP contribution in [0.3, 0.4) is 0 Å². The van der Waals surface area contributed by atoms with Crippen molar-refractivity contribution in [2.45, 2.75) is 45.6 Å². The smallest absolute Gasteiger partial charge is 0.0476 e. The summed E-state index contributed by atoms with van der Waals surface area (Å²) in [4.78, 5) is 3.64. The summed E-state index contributed by atoms with van der Waals surface area (Å²) in [5.74, 6) is 0. The molecule has 18 heavy (non-hydrogen) atoms. The number of fused-ring (bicyclic) bond motifs is 3. The van der Waals surface area contributed by atoms with Gasteiger partial charge in [0.25, 0.3) is 0 Å². The maximum absolute atomic E-state index is 3.67. The molecule has 2 aromatic rings. The fourth-order valence-corrected chi connectivity index (χ4v) is 3.10. The summed E-state index contributed by atoms with van der Waals surface area (Å²) in [7, 11) is 0. The second-order valence-electron chi connectivity index (χ2n) is 5.47. The van der Waals surface area contributed by atoms with Crippen LogP contribution in [0.4, 0.5) is 0 Å². The van der Waals surface area contributed by atoms with E-state index in [2.05, 4.69) is 42.3 Å². The molecule has 0 radical (unpaired) electrons. The van der Waals surface area contributed by atoms with Crippen LogP contribution >= 0.6 is 0 Å². The monoisotopic (exact) mass is 242 g/mol. The maximum Gasteiger partial charge on any atom is 0.0476 e. The van der Waals surface area contributed by atoms with Gasteiger partial charge >= 0.3 is 0 Å². The van der Waals surface area contributed by atoms with Gasteiger partial charge < -0.3 is 10.3 Å². The van der Waals surface area contributed by atoms with E-state index >= 15 is 0 Å². The van der Waals surface area contributed by atoms with Crippen LogP contribution in [-0.2, 0) is 6.42 Å². The minimum atomic E-state index is 0.529. The number of rotatable bonds is 3. The van der Waals surface area contributed by atoms with Gasteiger partial charge in [0, 0.05) is 22.6 Å². The molecule has 2 N–H and O–H groups in total. The number of aromatic nitrogens is 1. The molecule has 1 aliphatic carbocycles. The molecule has 1 unspecified atom stereocenters. The molecule has 3 rings (SSSR count). The van der Waals surface area contributed by atoms with Gasteiger partial charge in [-0.3, -0.25) is 0 Å². The van der Waals surface area contributed by atoms with Crippen LogP contribution < -0.4 is 5.32 Å². The number of hydrogen-bond acceptors (Lipinski definition) is 1. The zero-order valence-corrected chi connectivity index (χ0v) is 11.3. The molecule has 1 atom stereocenters. The highest BCUT2D eigenvalue weighted by Crippen LogP contribution is 2.34. The number of nitrogens with one attached hydrogen (secondary N) is 2. The third-order valence-corrected chi connectivity index (χ3v) is 4.00. The average Bonchev–Trinajstić information content (AvgIpc) is 2.75. The Bertz CT molecular complexity index is 553. The van der Waals surface area contributed by atoms with Gasteiger partial charge in [-0.1, -0.05) is 18.6 Å². The summed E-state index contributed by atoms with van der Waals surface area (Å²) in [5, 5.41) is 5.11. The fourth-order valence-electron chi connectivity index (χ4n) is 3.10. The second-order valence-corrected chi connectivity index (χ2v) is 5.47. The molecule has 0 saturated heterocycles. The first kappa shape index (κ1) is 11.8. The van der Waals surface area contributed by atoms with Crippen LogP contribution in [-0.4, -0.2) is 11.5 Å². The quantitative estimate of drug-likeness (QED) is 0.840. The molecular formula is C16H22N2. The minimum Gasteiger partial charge on any atom is -0.357 e. The largest absolute Gasteiger partial charge is 0.357 e. The lowest BCUT2D eigenvalue weighted by Gasteiger charge is -2.23.